The summed E-state index contributed by atoms with van der Waals surface area (Å²) in [5.74, 6) is 4.60. The molecule has 1 fully saturated rings. The SMILES string of the molecule is COc1ccc(C2(c3ccc(OC)cc3)C=Cc3c4c(c5cc(OC)c(-c6ccc(OC)cc6OC)cc5c3O2)-c2ccccc2C42CCCCC2)cc1. The van der Waals surface area contributed by atoms with Crippen LogP contribution in [0.15, 0.2) is 109 Å². The summed E-state index contributed by atoms with van der Waals surface area (Å²) in [6, 6.07) is 35.8. The molecule has 6 aromatic carbocycles. The summed E-state index contributed by atoms with van der Waals surface area (Å²) in [4.78, 5) is 0. The highest BCUT2D eigenvalue weighted by atomic mass is 16.5. The average molecular weight is 717 g/mol. The van der Waals surface area contributed by atoms with E-state index in [1.807, 2.05) is 42.5 Å². The second-order valence-corrected chi connectivity index (χ2v) is 14.5. The lowest BCUT2D eigenvalue weighted by molar-refractivity contribution is 0.163. The van der Waals surface area contributed by atoms with Crippen molar-refractivity contribution in [2.45, 2.75) is 43.1 Å². The monoisotopic (exact) mass is 716 g/mol. The van der Waals surface area contributed by atoms with Gasteiger partial charge in [-0.25, -0.2) is 0 Å². The van der Waals surface area contributed by atoms with Gasteiger partial charge in [-0.3, -0.25) is 0 Å². The molecule has 0 atom stereocenters. The molecule has 272 valence electrons. The molecule has 1 heterocycles. The van der Waals surface area contributed by atoms with E-state index in [4.69, 9.17) is 28.4 Å². The number of hydrogen-bond donors (Lipinski definition) is 0. The van der Waals surface area contributed by atoms with E-state index >= 15 is 0 Å². The average Bonchev–Trinajstić information content (AvgIpc) is 3.52. The molecule has 9 rings (SSSR count). The molecule has 2 aliphatic carbocycles. The number of fused-ring (bicyclic) bond motifs is 10. The van der Waals surface area contributed by atoms with Gasteiger partial charge in [0.05, 0.1) is 35.5 Å². The maximum absolute atomic E-state index is 7.71. The van der Waals surface area contributed by atoms with Crippen LogP contribution in [0.25, 0.3) is 39.1 Å². The van der Waals surface area contributed by atoms with Crippen molar-refractivity contribution >= 4 is 16.8 Å². The first-order valence-corrected chi connectivity index (χ1v) is 18.7. The predicted molar refractivity (Wildman–Crippen MR) is 215 cm³/mol. The number of ether oxygens (including phenoxy) is 6. The lowest BCUT2D eigenvalue weighted by atomic mass is 9.66. The number of benzene rings is 6. The molecule has 0 amide bonds. The minimum absolute atomic E-state index is 0.110. The highest BCUT2D eigenvalue weighted by Crippen LogP contribution is 2.63. The molecule has 6 aromatic rings. The van der Waals surface area contributed by atoms with Crippen molar-refractivity contribution in [1.82, 2.24) is 0 Å². The Morgan fingerprint density at radius 3 is 1.78 bits per heavy atom. The lowest BCUT2D eigenvalue weighted by Gasteiger charge is -2.41. The fourth-order valence-corrected chi connectivity index (χ4v) is 9.43. The maximum atomic E-state index is 7.71. The molecule has 6 nitrogen and oxygen atoms in total. The van der Waals surface area contributed by atoms with Crippen LogP contribution in [-0.4, -0.2) is 35.5 Å². The molecule has 0 N–H and O–H groups in total. The van der Waals surface area contributed by atoms with Crippen LogP contribution in [0.3, 0.4) is 0 Å². The Morgan fingerprint density at radius 1 is 0.537 bits per heavy atom. The fourth-order valence-electron chi connectivity index (χ4n) is 9.43. The fraction of sp³-hybridized carbons (Fsp3) is 0.250. The van der Waals surface area contributed by atoms with Crippen LogP contribution in [0.1, 0.15) is 59.9 Å². The third-order valence-corrected chi connectivity index (χ3v) is 12.0. The number of methoxy groups -OCH3 is 5. The largest absolute Gasteiger partial charge is 0.497 e. The van der Waals surface area contributed by atoms with Crippen molar-refractivity contribution in [1.29, 1.82) is 0 Å². The first-order valence-electron chi connectivity index (χ1n) is 18.7. The molecule has 1 aliphatic heterocycles. The third-order valence-electron chi connectivity index (χ3n) is 12.0. The van der Waals surface area contributed by atoms with Gasteiger partial charge in [-0.2, -0.15) is 0 Å². The van der Waals surface area contributed by atoms with Crippen LogP contribution >= 0.6 is 0 Å². The summed E-state index contributed by atoms with van der Waals surface area (Å²) in [5, 5.41) is 2.12. The normalized spacial score (nSPS) is 15.9. The van der Waals surface area contributed by atoms with E-state index in [1.165, 1.54) is 41.5 Å². The van der Waals surface area contributed by atoms with E-state index in [0.717, 1.165) is 80.2 Å². The van der Waals surface area contributed by atoms with E-state index in [9.17, 15) is 0 Å². The topological polar surface area (TPSA) is 55.4 Å². The Kier molecular flexibility index (Phi) is 8.30. The number of hydrogen-bond acceptors (Lipinski definition) is 6. The van der Waals surface area contributed by atoms with Crippen molar-refractivity contribution in [3.63, 3.8) is 0 Å². The zero-order valence-electron chi connectivity index (χ0n) is 31.5. The second-order valence-electron chi connectivity index (χ2n) is 14.5. The molecular formula is C48H44O6. The van der Waals surface area contributed by atoms with Gasteiger partial charge in [0, 0.05) is 44.7 Å². The summed E-state index contributed by atoms with van der Waals surface area (Å²) < 4.78 is 36.7. The molecule has 54 heavy (non-hydrogen) atoms. The van der Waals surface area contributed by atoms with Gasteiger partial charge >= 0.3 is 0 Å². The van der Waals surface area contributed by atoms with E-state index in [-0.39, 0.29) is 5.41 Å². The molecule has 1 saturated carbocycles. The van der Waals surface area contributed by atoms with Crippen LogP contribution in [0.5, 0.6) is 34.5 Å². The number of rotatable bonds is 8. The molecule has 0 saturated heterocycles. The Morgan fingerprint density at radius 2 is 1.15 bits per heavy atom. The first-order chi connectivity index (χ1) is 26.5. The van der Waals surface area contributed by atoms with Gasteiger partial charge in [-0.05, 0) is 95.1 Å². The molecule has 1 spiro atoms. The summed E-state index contributed by atoms with van der Waals surface area (Å²) in [6.07, 6.45) is 10.4. The van der Waals surface area contributed by atoms with Crippen LogP contribution < -0.4 is 28.4 Å². The van der Waals surface area contributed by atoms with E-state index in [2.05, 4.69) is 72.8 Å². The van der Waals surface area contributed by atoms with Crippen LogP contribution in [0.2, 0.25) is 0 Å². The zero-order chi connectivity index (χ0) is 37.0. The van der Waals surface area contributed by atoms with Gasteiger partial charge in [-0.1, -0.05) is 73.9 Å². The first kappa shape index (κ1) is 33.9. The van der Waals surface area contributed by atoms with Gasteiger partial charge < -0.3 is 28.4 Å². The minimum atomic E-state index is -0.949. The molecular weight excluding hydrogens is 673 g/mol. The van der Waals surface area contributed by atoms with Crippen molar-refractivity contribution in [2.75, 3.05) is 35.5 Å². The zero-order valence-corrected chi connectivity index (χ0v) is 31.5. The molecule has 3 aliphatic rings. The van der Waals surface area contributed by atoms with Crippen molar-refractivity contribution in [3.8, 4) is 56.8 Å². The Hall–Kier alpha value is -5.88. The van der Waals surface area contributed by atoms with E-state index < -0.39 is 5.60 Å². The van der Waals surface area contributed by atoms with Crippen LogP contribution in [-0.2, 0) is 11.0 Å². The molecule has 0 radical (unpaired) electrons. The van der Waals surface area contributed by atoms with Gasteiger partial charge in [0.25, 0.3) is 0 Å². The van der Waals surface area contributed by atoms with Crippen molar-refractivity contribution in [3.05, 3.63) is 137 Å². The lowest BCUT2D eigenvalue weighted by Crippen LogP contribution is -2.35. The molecule has 6 heteroatoms. The minimum Gasteiger partial charge on any atom is -0.497 e. The maximum Gasteiger partial charge on any atom is 0.178 e. The van der Waals surface area contributed by atoms with Gasteiger partial charge in [0.1, 0.15) is 34.5 Å². The molecule has 0 unspecified atom stereocenters. The highest BCUT2D eigenvalue weighted by molar-refractivity contribution is 6.10. The van der Waals surface area contributed by atoms with Crippen LogP contribution in [0, 0.1) is 0 Å². The quantitative estimate of drug-likeness (QED) is 0.156. The summed E-state index contributed by atoms with van der Waals surface area (Å²) in [7, 11) is 8.48. The summed E-state index contributed by atoms with van der Waals surface area (Å²) >= 11 is 0. The van der Waals surface area contributed by atoms with Crippen LogP contribution in [0.4, 0.5) is 0 Å². The van der Waals surface area contributed by atoms with Gasteiger partial charge in [-0.15, -0.1) is 0 Å². The molecule has 0 bridgehead atoms. The Bertz CT molecular complexity index is 2370. The standard InChI is InChI=1S/C48H44O6/c1-49-32-17-13-30(14-18-32)48(31-15-19-33(50-2)20-16-31)26-23-37-45-44(36-11-7-8-12-41(36)47(45)24-9-6-10-25-47)39-29-43(53-5)38(28-40(39)46(37)54-48)35-22-21-34(51-3)27-42(35)52-4/h7-8,11-23,26-29H,6,9-10,24-25H2,1-5H3. The second kappa shape index (κ2) is 13.2. The van der Waals surface area contributed by atoms with Gasteiger partial charge in [0.2, 0.25) is 0 Å². The smallest absolute Gasteiger partial charge is 0.178 e. The highest BCUT2D eigenvalue weighted by Gasteiger charge is 2.49. The predicted octanol–water partition coefficient (Wildman–Crippen LogP) is 11.1. The Labute approximate surface area is 316 Å². The summed E-state index contributed by atoms with van der Waals surface area (Å²) in [5.41, 5.74) is 9.25. The van der Waals surface area contributed by atoms with Crippen molar-refractivity contribution < 1.29 is 28.4 Å². The van der Waals surface area contributed by atoms with E-state index in [0.29, 0.717) is 5.75 Å². The molecule has 0 aromatic heterocycles. The van der Waals surface area contributed by atoms with E-state index in [1.54, 1.807) is 35.5 Å². The third kappa shape index (κ3) is 4.99. The van der Waals surface area contributed by atoms with Gasteiger partial charge in [0.15, 0.2) is 5.60 Å². The van der Waals surface area contributed by atoms with Crippen molar-refractivity contribution in [2.24, 2.45) is 0 Å². The Balaban J connectivity index is 1.39. The summed E-state index contributed by atoms with van der Waals surface area (Å²) in [6.45, 7) is 0.